The van der Waals surface area contributed by atoms with E-state index >= 15 is 0 Å². The van der Waals surface area contributed by atoms with Crippen LogP contribution in [0.2, 0.25) is 0 Å². The van der Waals surface area contributed by atoms with Crippen LogP contribution in [-0.2, 0) is 20.0 Å². The first kappa shape index (κ1) is 20.3. The van der Waals surface area contributed by atoms with Crippen LogP contribution in [0.25, 0.3) is 0 Å². The summed E-state index contributed by atoms with van der Waals surface area (Å²) in [5.74, 6) is 1.78. The van der Waals surface area contributed by atoms with Crippen molar-refractivity contribution in [2.24, 2.45) is 12.0 Å². The predicted octanol–water partition coefficient (Wildman–Crippen LogP) is 1.78. The van der Waals surface area contributed by atoms with Gasteiger partial charge in [0.25, 0.3) is 0 Å². The van der Waals surface area contributed by atoms with Crippen LogP contribution in [0.15, 0.2) is 29.8 Å². The minimum absolute atomic E-state index is 0. The second-order valence-corrected chi connectivity index (χ2v) is 5.44. The second-order valence-electron chi connectivity index (χ2n) is 5.44. The molecule has 1 N–H and O–H groups in total. The number of aliphatic imine (C=N–C) groups is 1. The first-order chi connectivity index (χ1) is 11.1. The van der Waals surface area contributed by atoms with Crippen LogP contribution in [0.5, 0.6) is 0 Å². The van der Waals surface area contributed by atoms with E-state index in [1.165, 1.54) is 11.1 Å². The highest BCUT2D eigenvalue weighted by molar-refractivity contribution is 14.0. The van der Waals surface area contributed by atoms with Gasteiger partial charge in [0, 0.05) is 39.6 Å². The first-order valence-electron chi connectivity index (χ1n) is 7.83. The third-order valence-electron chi connectivity index (χ3n) is 3.66. The van der Waals surface area contributed by atoms with E-state index in [1.54, 1.807) is 11.0 Å². The van der Waals surface area contributed by atoms with Crippen LogP contribution >= 0.6 is 24.0 Å². The molecule has 0 fully saturated rings. The first-order valence-corrected chi connectivity index (χ1v) is 7.83. The molecule has 2 aromatic rings. The zero-order chi connectivity index (χ0) is 16.7. The van der Waals surface area contributed by atoms with E-state index in [9.17, 15) is 0 Å². The number of aryl methyl sites for hydroxylation is 2. The lowest BCUT2D eigenvalue weighted by Crippen LogP contribution is -2.39. The number of hydrogen-bond donors (Lipinski definition) is 1. The lowest BCUT2D eigenvalue weighted by atomic mass is 10.1. The van der Waals surface area contributed by atoms with Gasteiger partial charge in [0.1, 0.15) is 12.2 Å². The standard InChI is InChI=1S/C16H25N7.HI/c1-5-18-16(22(3)11-15-20-12-21-23(15)4)19-9-7-14-6-8-17-10-13(14)2;/h6,8,10,12H,5,7,9,11H2,1-4H3,(H,18,19);1H. The molecule has 0 aliphatic heterocycles. The molecule has 0 bridgehead atoms. The molecule has 0 amide bonds. The summed E-state index contributed by atoms with van der Waals surface area (Å²) in [5.41, 5.74) is 2.50. The van der Waals surface area contributed by atoms with Gasteiger partial charge in [-0.3, -0.25) is 14.7 Å². The number of nitrogens with zero attached hydrogens (tertiary/aromatic N) is 6. The Morgan fingerprint density at radius 2 is 2.21 bits per heavy atom. The average molecular weight is 443 g/mol. The Labute approximate surface area is 160 Å². The molecule has 0 spiro atoms. The van der Waals surface area contributed by atoms with Crippen molar-refractivity contribution in [1.82, 2.24) is 30.0 Å². The zero-order valence-electron chi connectivity index (χ0n) is 14.7. The van der Waals surface area contributed by atoms with Crippen molar-refractivity contribution in [3.05, 3.63) is 41.7 Å². The smallest absolute Gasteiger partial charge is 0.194 e. The summed E-state index contributed by atoms with van der Waals surface area (Å²) in [6.45, 7) is 6.37. The van der Waals surface area contributed by atoms with Crippen molar-refractivity contribution < 1.29 is 0 Å². The number of rotatable bonds is 6. The summed E-state index contributed by atoms with van der Waals surface area (Å²) < 4.78 is 1.78. The molecule has 0 aliphatic carbocycles. The van der Waals surface area contributed by atoms with Crippen LogP contribution < -0.4 is 5.32 Å². The third-order valence-corrected chi connectivity index (χ3v) is 3.66. The van der Waals surface area contributed by atoms with Gasteiger partial charge in [-0.2, -0.15) is 5.10 Å². The minimum atomic E-state index is 0. The Bertz CT molecular complexity index is 653. The molecule has 7 nitrogen and oxygen atoms in total. The highest BCUT2D eigenvalue weighted by Crippen LogP contribution is 2.06. The molecule has 8 heteroatoms. The van der Waals surface area contributed by atoms with Crippen LogP contribution in [0.4, 0.5) is 0 Å². The van der Waals surface area contributed by atoms with E-state index in [0.717, 1.165) is 31.3 Å². The Balaban J connectivity index is 0.00000288. The van der Waals surface area contributed by atoms with Crippen molar-refractivity contribution >= 4 is 29.9 Å². The average Bonchev–Trinajstić information content (AvgIpc) is 2.93. The van der Waals surface area contributed by atoms with E-state index < -0.39 is 0 Å². The predicted molar refractivity (Wildman–Crippen MR) is 107 cm³/mol. The number of aromatic nitrogens is 4. The fourth-order valence-corrected chi connectivity index (χ4v) is 2.28. The fourth-order valence-electron chi connectivity index (χ4n) is 2.28. The van der Waals surface area contributed by atoms with Crippen molar-refractivity contribution in [3.63, 3.8) is 0 Å². The summed E-state index contributed by atoms with van der Waals surface area (Å²) >= 11 is 0. The number of guanidine groups is 1. The van der Waals surface area contributed by atoms with Crippen molar-refractivity contribution in [3.8, 4) is 0 Å². The third kappa shape index (κ3) is 5.73. The maximum Gasteiger partial charge on any atom is 0.194 e. The summed E-state index contributed by atoms with van der Waals surface area (Å²) in [7, 11) is 3.90. The SMILES string of the molecule is CCNC(=NCCc1ccncc1C)N(C)Cc1ncnn1C.I. The van der Waals surface area contributed by atoms with E-state index in [2.05, 4.69) is 45.2 Å². The molecule has 24 heavy (non-hydrogen) atoms. The van der Waals surface area contributed by atoms with Crippen LogP contribution in [0.1, 0.15) is 23.9 Å². The highest BCUT2D eigenvalue weighted by Gasteiger charge is 2.09. The van der Waals surface area contributed by atoms with Gasteiger partial charge in [0.15, 0.2) is 5.96 Å². The molecule has 0 unspecified atom stereocenters. The molecule has 132 valence electrons. The summed E-state index contributed by atoms with van der Waals surface area (Å²) in [6.07, 6.45) is 6.20. The second kappa shape index (κ2) is 10.2. The van der Waals surface area contributed by atoms with Gasteiger partial charge in [-0.25, -0.2) is 4.98 Å². The van der Waals surface area contributed by atoms with Crippen molar-refractivity contribution in [2.45, 2.75) is 26.8 Å². The molecule has 0 atom stereocenters. The fraction of sp³-hybridized carbons (Fsp3) is 0.500. The Morgan fingerprint density at radius 3 is 2.83 bits per heavy atom. The molecule has 0 saturated heterocycles. The number of hydrogen-bond acceptors (Lipinski definition) is 4. The van der Waals surface area contributed by atoms with E-state index in [-0.39, 0.29) is 24.0 Å². The van der Waals surface area contributed by atoms with Gasteiger partial charge in [-0.1, -0.05) is 0 Å². The lowest BCUT2D eigenvalue weighted by Gasteiger charge is -2.21. The van der Waals surface area contributed by atoms with Gasteiger partial charge >= 0.3 is 0 Å². The van der Waals surface area contributed by atoms with Crippen molar-refractivity contribution in [1.29, 1.82) is 0 Å². The Hall–Kier alpha value is -1.71. The molecule has 0 radical (unpaired) electrons. The normalized spacial score (nSPS) is 11.1. The molecular formula is C16H26IN7. The molecule has 0 aromatic carbocycles. The number of pyridine rings is 1. The Morgan fingerprint density at radius 1 is 1.42 bits per heavy atom. The van der Waals surface area contributed by atoms with E-state index in [1.807, 2.05) is 26.5 Å². The Kier molecular flexibility index (Phi) is 8.66. The van der Waals surface area contributed by atoms with Gasteiger partial charge in [-0.15, -0.1) is 24.0 Å². The quantitative estimate of drug-likeness (QED) is 0.419. The zero-order valence-corrected chi connectivity index (χ0v) is 17.1. The maximum absolute atomic E-state index is 4.71. The summed E-state index contributed by atoms with van der Waals surface area (Å²) in [6, 6.07) is 2.06. The molecule has 2 aromatic heterocycles. The van der Waals surface area contributed by atoms with Crippen LogP contribution in [-0.4, -0.2) is 50.7 Å². The lowest BCUT2D eigenvalue weighted by molar-refractivity contribution is 0.448. The van der Waals surface area contributed by atoms with Gasteiger partial charge in [-0.05, 0) is 37.5 Å². The number of nitrogens with one attached hydrogen (secondary N) is 1. The molecule has 2 heterocycles. The number of halogens is 1. The molecule has 0 saturated carbocycles. The van der Waals surface area contributed by atoms with Crippen LogP contribution in [0.3, 0.4) is 0 Å². The largest absolute Gasteiger partial charge is 0.357 e. The minimum Gasteiger partial charge on any atom is -0.357 e. The molecular weight excluding hydrogens is 417 g/mol. The molecule has 2 rings (SSSR count). The van der Waals surface area contributed by atoms with Gasteiger partial charge in [0.2, 0.25) is 0 Å². The van der Waals surface area contributed by atoms with E-state index in [4.69, 9.17) is 4.99 Å². The van der Waals surface area contributed by atoms with Crippen LogP contribution in [0, 0.1) is 6.92 Å². The monoisotopic (exact) mass is 443 g/mol. The van der Waals surface area contributed by atoms with Crippen molar-refractivity contribution in [2.75, 3.05) is 20.1 Å². The van der Waals surface area contributed by atoms with E-state index in [0.29, 0.717) is 6.54 Å². The maximum atomic E-state index is 4.71. The topological polar surface area (TPSA) is 71.2 Å². The molecule has 0 aliphatic rings. The van der Waals surface area contributed by atoms with Gasteiger partial charge in [0.05, 0.1) is 6.54 Å². The highest BCUT2D eigenvalue weighted by atomic mass is 127. The summed E-state index contributed by atoms with van der Waals surface area (Å²) in [4.78, 5) is 15.2. The summed E-state index contributed by atoms with van der Waals surface area (Å²) in [5, 5.41) is 7.42. The van der Waals surface area contributed by atoms with Gasteiger partial charge < -0.3 is 10.2 Å².